The van der Waals surface area contributed by atoms with Crippen molar-refractivity contribution in [3.8, 4) is 6.07 Å². The molecule has 1 aliphatic heterocycles. The molecule has 1 amide bonds. The van der Waals surface area contributed by atoms with E-state index in [1.165, 1.54) is 16.8 Å². The van der Waals surface area contributed by atoms with Crippen LogP contribution in [0.25, 0.3) is 0 Å². The summed E-state index contributed by atoms with van der Waals surface area (Å²) < 4.78 is 29.8. The molecule has 194 valence electrons. The molecule has 4 atom stereocenters. The number of nitriles is 1. The smallest absolute Gasteiger partial charge is 0.351 e. The number of carbonyl (C=O) groups excluding carboxylic acids is 1. The standard InChI is InChI=1S/C25H34N5O5P/c1-17(2)30(18(3)4)36(33-15-9-13-26)35-21-16-23(34-19(21)5)29-14-12-22(28-25(29)32)27-24(31)20-10-7-6-8-11-20/h6-8,10-12,14,17-19,21,23H,9,15-16H2,1-5H3,(H,27,28,31,32)/t19-,21?,23-,36?/m1/s1/i5D. The van der Waals surface area contributed by atoms with Crippen molar-refractivity contribution in [2.45, 2.75) is 78.0 Å². The molecule has 1 saturated heterocycles. The van der Waals surface area contributed by atoms with Crippen LogP contribution in [0.1, 0.15) is 65.4 Å². The summed E-state index contributed by atoms with van der Waals surface area (Å²) in [5.74, 6) is -0.230. The fourth-order valence-corrected chi connectivity index (χ4v) is 5.63. The highest BCUT2D eigenvalue weighted by atomic mass is 31.2. The second-order valence-corrected chi connectivity index (χ2v) is 10.3. The molecule has 0 bridgehead atoms. The first kappa shape index (κ1) is 26.4. The molecule has 11 heteroatoms. The van der Waals surface area contributed by atoms with Crippen molar-refractivity contribution in [1.29, 1.82) is 5.26 Å². The lowest BCUT2D eigenvalue weighted by Gasteiger charge is -2.37. The maximum Gasteiger partial charge on any atom is 0.351 e. The molecule has 36 heavy (non-hydrogen) atoms. The molecule has 1 aromatic carbocycles. The first-order valence-electron chi connectivity index (χ1n) is 12.6. The molecule has 2 aromatic rings. The van der Waals surface area contributed by atoms with Gasteiger partial charge in [0.05, 0.1) is 31.3 Å². The molecule has 10 nitrogen and oxygen atoms in total. The molecule has 1 fully saturated rings. The van der Waals surface area contributed by atoms with Gasteiger partial charge in [-0.15, -0.1) is 0 Å². The number of aromatic nitrogens is 2. The van der Waals surface area contributed by atoms with Crippen molar-refractivity contribution in [1.82, 2.24) is 14.2 Å². The summed E-state index contributed by atoms with van der Waals surface area (Å²) in [6.45, 7) is 8.37. The quantitative estimate of drug-likeness (QED) is 0.343. The third-order valence-corrected chi connectivity index (χ3v) is 7.64. The zero-order valence-electron chi connectivity index (χ0n) is 22.0. The number of benzene rings is 1. The number of anilines is 1. The Hall–Kier alpha value is -2.67. The zero-order valence-corrected chi connectivity index (χ0v) is 21.9. The fraction of sp³-hybridized carbons (Fsp3) is 0.520. The molecular formula is C25H34N5O5P. The number of nitrogens with zero attached hydrogens (tertiary/aromatic N) is 4. The lowest BCUT2D eigenvalue weighted by Crippen LogP contribution is -2.35. The van der Waals surface area contributed by atoms with Gasteiger partial charge >= 0.3 is 5.69 Å². The van der Waals surface area contributed by atoms with E-state index in [0.717, 1.165) is 0 Å². The van der Waals surface area contributed by atoms with Crippen LogP contribution in [0.2, 0.25) is 0 Å². The summed E-state index contributed by atoms with van der Waals surface area (Å²) >= 11 is 0. The molecule has 1 aromatic heterocycles. The van der Waals surface area contributed by atoms with Crippen LogP contribution in [0.5, 0.6) is 0 Å². The number of ether oxygens (including phenoxy) is 1. The highest BCUT2D eigenvalue weighted by Crippen LogP contribution is 2.49. The van der Waals surface area contributed by atoms with Crippen LogP contribution >= 0.6 is 8.53 Å². The van der Waals surface area contributed by atoms with Crippen molar-refractivity contribution in [2.24, 2.45) is 0 Å². The van der Waals surface area contributed by atoms with E-state index in [4.69, 9.17) is 20.4 Å². The maximum absolute atomic E-state index is 12.8. The van der Waals surface area contributed by atoms with Crippen molar-refractivity contribution < 1.29 is 19.9 Å². The van der Waals surface area contributed by atoms with E-state index < -0.39 is 32.7 Å². The summed E-state index contributed by atoms with van der Waals surface area (Å²) in [7, 11) is -1.52. The SMILES string of the molecule is [2H]C[C@H]1O[C@@H](n2ccc(NC(=O)c3ccccc3)nc2=O)CC1OP(OCCC#N)N(C(C)C)C(C)C. The van der Waals surface area contributed by atoms with Gasteiger partial charge in [0, 0.05) is 31.6 Å². The van der Waals surface area contributed by atoms with Gasteiger partial charge in [0.1, 0.15) is 12.0 Å². The minimum Gasteiger partial charge on any atom is -0.352 e. The Morgan fingerprint density at radius 1 is 1.33 bits per heavy atom. The number of rotatable bonds is 11. The van der Waals surface area contributed by atoms with Gasteiger partial charge in [-0.05, 0) is 52.8 Å². The molecule has 0 spiro atoms. The van der Waals surface area contributed by atoms with Gasteiger partial charge < -0.3 is 19.1 Å². The van der Waals surface area contributed by atoms with E-state index in [9.17, 15) is 9.59 Å². The zero-order chi connectivity index (χ0) is 26.9. The van der Waals surface area contributed by atoms with E-state index >= 15 is 0 Å². The summed E-state index contributed by atoms with van der Waals surface area (Å²) in [4.78, 5) is 29.2. The predicted molar refractivity (Wildman–Crippen MR) is 137 cm³/mol. The predicted octanol–water partition coefficient (Wildman–Crippen LogP) is 4.46. The van der Waals surface area contributed by atoms with Crippen LogP contribution in [0, 0.1) is 11.3 Å². The molecule has 2 unspecified atom stereocenters. The Morgan fingerprint density at radius 2 is 2.06 bits per heavy atom. The summed E-state index contributed by atoms with van der Waals surface area (Å²) in [5.41, 5.74) is -0.130. The maximum atomic E-state index is 12.8. The van der Waals surface area contributed by atoms with E-state index in [-0.39, 0.29) is 43.7 Å². The second kappa shape index (κ2) is 13.0. The largest absolute Gasteiger partial charge is 0.352 e. The topological polar surface area (TPSA) is 119 Å². The first-order chi connectivity index (χ1) is 17.7. The van der Waals surface area contributed by atoms with Gasteiger partial charge in [-0.1, -0.05) is 18.2 Å². The van der Waals surface area contributed by atoms with Gasteiger partial charge in [-0.2, -0.15) is 10.2 Å². The molecule has 1 N–H and O–H groups in total. The Balaban J connectivity index is 1.73. The van der Waals surface area contributed by atoms with Crippen LogP contribution in [-0.4, -0.2) is 51.0 Å². The van der Waals surface area contributed by atoms with Gasteiger partial charge in [-0.3, -0.25) is 9.36 Å². The fourth-order valence-electron chi connectivity index (χ4n) is 3.88. The van der Waals surface area contributed by atoms with Crippen LogP contribution < -0.4 is 11.0 Å². The molecule has 3 rings (SSSR count). The van der Waals surface area contributed by atoms with Crippen molar-refractivity contribution in [3.05, 3.63) is 58.6 Å². The average molecular weight is 517 g/mol. The Bertz CT molecular complexity index is 1120. The minimum atomic E-state index is -1.52. The minimum absolute atomic E-state index is 0.0563. The van der Waals surface area contributed by atoms with E-state index in [1.807, 2.05) is 33.8 Å². The number of hydrogen-bond donors (Lipinski definition) is 1. The van der Waals surface area contributed by atoms with Crippen LogP contribution in [0.3, 0.4) is 0 Å². The second-order valence-electron chi connectivity index (χ2n) is 8.88. The van der Waals surface area contributed by atoms with Crippen molar-refractivity contribution >= 4 is 20.3 Å². The van der Waals surface area contributed by atoms with Crippen LogP contribution in [-0.2, 0) is 13.8 Å². The molecule has 0 radical (unpaired) electrons. The van der Waals surface area contributed by atoms with Crippen molar-refractivity contribution in [3.63, 3.8) is 0 Å². The number of nitrogens with one attached hydrogen (secondary N) is 1. The summed E-state index contributed by atoms with van der Waals surface area (Å²) in [6.07, 6.45) is 0.351. The normalized spacial score (nSPS) is 20.9. The lowest BCUT2D eigenvalue weighted by molar-refractivity contribution is -0.00865. The Labute approximate surface area is 214 Å². The average Bonchev–Trinajstić information content (AvgIpc) is 3.26. The number of amides is 1. The molecule has 1 aliphatic rings. The summed E-state index contributed by atoms with van der Waals surface area (Å²) in [6, 6.07) is 12.5. The first-order valence-corrected chi connectivity index (χ1v) is 13.0. The number of carbonyl (C=O) groups is 1. The van der Waals surface area contributed by atoms with Crippen LogP contribution in [0.4, 0.5) is 5.82 Å². The van der Waals surface area contributed by atoms with E-state index in [2.05, 4.69) is 21.0 Å². The van der Waals surface area contributed by atoms with E-state index in [0.29, 0.717) is 12.0 Å². The highest BCUT2D eigenvalue weighted by Gasteiger charge is 2.39. The third-order valence-electron chi connectivity index (χ3n) is 5.49. The summed E-state index contributed by atoms with van der Waals surface area (Å²) in [5, 5.41) is 11.6. The van der Waals surface area contributed by atoms with Gasteiger partial charge in [-0.25, -0.2) is 9.46 Å². The molecule has 0 aliphatic carbocycles. The number of hydrogen-bond acceptors (Lipinski definition) is 8. The molecule has 0 saturated carbocycles. The van der Waals surface area contributed by atoms with Gasteiger partial charge in [0.2, 0.25) is 0 Å². The molecule has 2 heterocycles. The van der Waals surface area contributed by atoms with Gasteiger partial charge in [0.25, 0.3) is 14.4 Å². The molecular weight excluding hydrogens is 481 g/mol. The van der Waals surface area contributed by atoms with Gasteiger partial charge in [0.15, 0.2) is 0 Å². The van der Waals surface area contributed by atoms with Crippen LogP contribution in [0.15, 0.2) is 47.4 Å². The third kappa shape index (κ3) is 7.19. The monoisotopic (exact) mass is 516 g/mol. The van der Waals surface area contributed by atoms with Crippen molar-refractivity contribution in [2.75, 3.05) is 11.9 Å². The Morgan fingerprint density at radius 3 is 2.67 bits per heavy atom. The Kier molecular flexibility index (Phi) is 9.56. The van der Waals surface area contributed by atoms with E-state index in [1.54, 1.807) is 24.3 Å². The highest BCUT2D eigenvalue weighted by molar-refractivity contribution is 7.44. The lowest BCUT2D eigenvalue weighted by atomic mass is 10.2.